The van der Waals surface area contributed by atoms with E-state index in [9.17, 15) is 4.79 Å². The van der Waals surface area contributed by atoms with Crippen LogP contribution in [0.25, 0.3) is 17.6 Å². The third kappa shape index (κ3) is 4.01. The average Bonchev–Trinajstić information content (AvgIpc) is 3.28. The highest BCUT2D eigenvalue weighted by molar-refractivity contribution is 5.78. The van der Waals surface area contributed by atoms with Gasteiger partial charge in [0, 0.05) is 39.3 Å². The van der Waals surface area contributed by atoms with Gasteiger partial charge in [0.25, 0.3) is 0 Å². The average molecular weight is 431 g/mol. The lowest BCUT2D eigenvalue weighted by Crippen LogP contribution is -2.44. The number of hydrogen-bond donors (Lipinski definition) is 0. The summed E-state index contributed by atoms with van der Waals surface area (Å²) in [6, 6.07) is 13.8. The molecule has 0 spiro atoms. The SMILES string of the molecule is CC(=O)N1C=Cc2ccccc2C1Cc1nc(-c2cccc(N3CCN(C)CC3)n2)no1. The highest BCUT2D eigenvalue weighted by Gasteiger charge is 2.28. The molecule has 8 heteroatoms. The minimum absolute atomic E-state index is 0.0259. The summed E-state index contributed by atoms with van der Waals surface area (Å²) in [7, 11) is 2.13. The van der Waals surface area contributed by atoms with Crippen LogP contribution in [0.2, 0.25) is 0 Å². The Labute approximate surface area is 187 Å². The Morgan fingerprint density at radius 3 is 2.69 bits per heavy atom. The van der Waals surface area contributed by atoms with Gasteiger partial charge in [-0.25, -0.2) is 4.98 Å². The number of carbonyl (C=O) groups excluding carboxylic acids is 1. The maximum Gasteiger partial charge on any atom is 0.229 e. The Kier molecular flexibility index (Phi) is 5.45. The summed E-state index contributed by atoms with van der Waals surface area (Å²) >= 11 is 0. The zero-order valence-corrected chi connectivity index (χ0v) is 18.3. The third-order valence-electron chi connectivity index (χ3n) is 6.10. The van der Waals surface area contributed by atoms with E-state index in [1.165, 1.54) is 0 Å². The molecule has 3 aromatic rings. The fraction of sp³-hybridized carbons (Fsp3) is 0.333. The van der Waals surface area contributed by atoms with E-state index in [1.54, 1.807) is 11.8 Å². The molecule has 1 aromatic carbocycles. The Balaban J connectivity index is 1.38. The van der Waals surface area contributed by atoms with Crippen LogP contribution in [-0.4, -0.2) is 64.1 Å². The first kappa shape index (κ1) is 20.4. The summed E-state index contributed by atoms with van der Waals surface area (Å²) in [5, 5.41) is 4.18. The normalized spacial score (nSPS) is 18.6. The van der Waals surface area contributed by atoms with Gasteiger partial charge >= 0.3 is 0 Å². The van der Waals surface area contributed by atoms with E-state index >= 15 is 0 Å². The van der Waals surface area contributed by atoms with Gasteiger partial charge in [-0.1, -0.05) is 35.5 Å². The van der Waals surface area contributed by atoms with Gasteiger partial charge in [-0.2, -0.15) is 4.98 Å². The van der Waals surface area contributed by atoms with Crippen LogP contribution in [0, 0.1) is 0 Å². The van der Waals surface area contributed by atoms with Crippen LogP contribution in [0.3, 0.4) is 0 Å². The number of anilines is 1. The number of pyridine rings is 1. The van der Waals surface area contributed by atoms with Crippen molar-refractivity contribution in [3.05, 3.63) is 65.7 Å². The van der Waals surface area contributed by atoms with Crippen LogP contribution in [0.5, 0.6) is 0 Å². The van der Waals surface area contributed by atoms with E-state index in [0.717, 1.165) is 43.1 Å². The number of hydrogen-bond acceptors (Lipinski definition) is 7. The quantitative estimate of drug-likeness (QED) is 0.630. The minimum atomic E-state index is -0.188. The van der Waals surface area contributed by atoms with Crippen molar-refractivity contribution in [1.29, 1.82) is 0 Å². The van der Waals surface area contributed by atoms with Gasteiger partial charge in [0.2, 0.25) is 17.6 Å². The summed E-state index contributed by atoms with van der Waals surface area (Å²) in [6.45, 7) is 5.49. The second-order valence-corrected chi connectivity index (χ2v) is 8.27. The molecule has 4 heterocycles. The molecule has 164 valence electrons. The van der Waals surface area contributed by atoms with E-state index in [-0.39, 0.29) is 11.9 Å². The van der Waals surface area contributed by atoms with E-state index in [0.29, 0.717) is 23.8 Å². The van der Waals surface area contributed by atoms with Crippen LogP contribution in [0.4, 0.5) is 5.82 Å². The van der Waals surface area contributed by atoms with Crippen molar-refractivity contribution in [3.63, 3.8) is 0 Å². The number of nitrogens with zero attached hydrogens (tertiary/aromatic N) is 6. The molecule has 2 aliphatic rings. The highest BCUT2D eigenvalue weighted by atomic mass is 16.5. The van der Waals surface area contributed by atoms with Crippen molar-refractivity contribution in [1.82, 2.24) is 24.9 Å². The van der Waals surface area contributed by atoms with Gasteiger partial charge in [0.1, 0.15) is 11.5 Å². The summed E-state index contributed by atoms with van der Waals surface area (Å²) in [5.74, 6) is 1.84. The molecule has 32 heavy (non-hydrogen) atoms. The van der Waals surface area contributed by atoms with Gasteiger partial charge in [0.15, 0.2) is 0 Å². The molecule has 0 saturated carbocycles. The fourth-order valence-electron chi connectivity index (χ4n) is 4.28. The standard InChI is InChI=1S/C24H26N6O2/c1-17(31)30-11-10-18-6-3-4-7-19(18)21(30)16-23-26-24(27-32-23)20-8-5-9-22(25-20)29-14-12-28(2)13-15-29/h3-11,21H,12-16H2,1-2H3. The van der Waals surface area contributed by atoms with Crippen LogP contribution in [0.1, 0.15) is 30.0 Å². The molecule has 0 bridgehead atoms. The highest BCUT2D eigenvalue weighted by Crippen LogP contribution is 2.33. The zero-order valence-electron chi connectivity index (χ0n) is 18.3. The molecule has 1 atom stereocenters. The van der Waals surface area contributed by atoms with Crippen LogP contribution in [0.15, 0.2) is 53.2 Å². The monoisotopic (exact) mass is 430 g/mol. The van der Waals surface area contributed by atoms with E-state index < -0.39 is 0 Å². The minimum Gasteiger partial charge on any atom is -0.354 e. The van der Waals surface area contributed by atoms with Crippen molar-refractivity contribution >= 4 is 17.8 Å². The molecule has 1 saturated heterocycles. The van der Waals surface area contributed by atoms with Gasteiger partial charge in [-0.15, -0.1) is 0 Å². The number of fused-ring (bicyclic) bond motifs is 1. The summed E-state index contributed by atoms with van der Waals surface area (Å²) in [4.78, 5) is 27.9. The topological polar surface area (TPSA) is 78.6 Å². The molecule has 0 radical (unpaired) electrons. The van der Waals surface area contributed by atoms with Crippen LogP contribution < -0.4 is 4.90 Å². The zero-order chi connectivity index (χ0) is 22.1. The Morgan fingerprint density at radius 2 is 1.88 bits per heavy atom. The molecular formula is C24H26N6O2. The number of rotatable bonds is 4. The van der Waals surface area contributed by atoms with Gasteiger partial charge < -0.3 is 19.2 Å². The summed E-state index contributed by atoms with van der Waals surface area (Å²) in [6.07, 6.45) is 4.22. The number of benzene rings is 1. The molecule has 0 aliphatic carbocycles. The molecule has 5 rings (SSSR count). The third-order valence-corrected chi connectivity index (χ3v) is 6.10. The Bertz CT molecular complexity index is 1150. The van der Waals surface area contributed by atoms with E-state index in [4.69, 9.17) is 9.51 Å². The maximum atomic E-state index is 12.2. The number of piperazine rings is 1. The van der Waals surface area contributed by atoms with Crippen molar-refractivity contribution < 1.29 is 9.32 Å². The Morgan fingerprint density at radius 1 is 1.06 bits per heavy atom. The molecular weight excluding hydrogens is 404 g/mol. The molecule has 1 unspecified atom stereocenters. The summed E-state index contributed by atoms with van der Waals surface area (Å²) in [5.41, 5.74) is 2.85. The number of carbonyl (C=O) groups is 1. The van der Waals surface area contributed by atoms with Crippen molar-refractivity contribution in [2.24, 2.45) is 0 Å². The predicted octanol–water partition coefficient (Wildman–Crippen LogP) is 3.00. The Hall–Kier alpha value is -3.52. The van der Waals surface area contributed by atoms with E-state index in [2.05, 4.69) is 27.0 Å². The molecule has 1 amide bonds. The van der Waals surface area contributed by atoms with Crippen molar-refractivity contribution in [3.8, 4) is 11.5 Å². The lowest BCUT2D eigenvalue weighted by Gasteiger charge is -2.33. The first-order valence-corrected chi connectivity index (χ1v) is 10.9. The second kappa shape index (κ2) is 8.55. The van der Waals surface area contributed by atoms with Crippen molar-refractivity contribution in [2.45, 2.75) is 19.4 Å². The number of likely N-dealkylation sites (N-methyl/N-ethyl adjacent to an activating group) is 1. The maximum absolute atomic E-state index is 12.2. The van der Waals surface area contributed by atoms with Gasteiger partial charge in [-0.05, 0) is 36.4 Å². The number of aromatic nitrogens is 3. The fourth-order valence-corrected chi connectivity index (χ4v) is 4.28. The largest absolute Gasteiger partial charge is 0.354 e. The first-order chi connectivity index (χ1) is 15.6. The first-order valence-electron chi connectivity index (χ1n) is 10.9. The number of amides is 1. The molecule has 2 aliphatic heterocycles. The lowest BCUT2D eigenvalue weighted by molar-refractivity contribution is -0.128. The van der Waals surface area contributed by atoms with Crippen molar-refractivity contribution in [2.75, 3.05) is 38.1 Å². The van der Waals surface area contributed by atoms with Gasteiger partial charge in [-0.3, -0.25) is 4.79 Å². The smallest absolute Gasteiger partial charge is 0.229 e. The molecule has 0 N–H and O–H groups in total. The predicted molar refractivity (Wildman–Crippen MR) is 122 cm³/mol. The van der Waals surface area contributed by atoms with Gasteiger partial charge in [0.05, 0.1) is 12.5 Å². The molecule has 1 fully saturated rings. The second-order valence-electron chi connectivity index (χ2n) is 8.27. The van der Waals surface area contributed by atoms with Crippen LogP contribution >= 0.6 is 0 Å². The van der Waals surface area contributed by atoms with Crippen LogP contribution in [-0.2, 0) is 11.2 Å². The molecule has 2 aromatic heterocycles. The lowest BCUT2D eigenvalue weighted by atomic mass is 9.94. The molecule has 8 nitrogen and oxygen atoms in total. The van der Waals surface area contributed by atoms with E-state index in [1.807, 2.05) is 54.7 Å². The summed E-state index contributed by atoms with van der Waals surface area (Å²) < 4.78 is 5.58.